The van der Waals surface area contributed by atoms with E-state index in [1.54, 1.807) is 0 Å². The fraction of sp³-hybridized carbons (Fsp3) is 0.440. The van der Waals surface area contributed by atoms with Gasteiger partial charge in [0.1, 0.15) is 5.82 Å². The molecule has 0 spiro atoms. The molecule has 29 heavy (non-hydrogen) atoms. The molecule has 3 aromatic rings. The highest BCUT2D eigenvalue weighted by atomic mass is 16.1. The minimum Gasteiger partial charge on any atom is -0.346 e. The number of aromatic nitrogens is 2. The molecule has 4 heteroatoms. The number of ketones is 1. The van der Waals surface area contributed by atoms with E-state index < -0.39 is 0 Å². The zero-order valence-corrected chi connectivity index (χ0v) is 17.4. The van der Waals surface area contributed by atoms with E-state index in [1.807, 2.05) is 0 Å². The van der Waals surface area contributed by atoms with Crippen LogP contribution in [0.25, 0.3) is 10.8 Å². The van der Waals surface area contributed by atoms with Crippen LogP contribution in [0.4, 0.5) is 0 Å². The van der Waals surface area contributed by atoms with Gasteiger partial charge < -0.3 is 4.98 Å². The van der Waals surface area contributed by atoms with Crippen LogP contribution in [-0.4, -0.2) is 33.7 Å². The summed E-state index contributed by atoms with van der Waals surface area (Å²) < 4.78 is 0. The van der Waals surface area contributed by atoms with Crippen LogP contribution >= 0.6 is 0 Å². The molecule has 5 rings (SSSR count). The molecule has 0 unspecified atom stereocenters. The van der Waals surface area contributed by atoms with E-state index in [9.17, 15) is 4.79 Å². The topological polar surface area (TPSA) is 49.0 Å². The highest BCUT2D eigenvalue weighted by molar-refractivity contribution is 6.11. The Morgan fingerprint density at radius 1 is 1.21 bits per heavy atom. The first-order valence-corrected chi connectivity index (χ1v) is 11.0. The first kappa shape index (κ1) is 18.6. The van der Waals surface area contributed by atoms with Crippen molar-refractivity contribution in [1.82, 2.24) is 14.9 Å². The van der Waals surface area contributed by atoms with Crippen LogP contribution in [0, 0.1) is 12.8 Å². The third-order valence-corrected chi connectivity index (χ3v) is 6.76. The molecular weight excluding hydrogens is 358 g/mol. The number of benzene rings is 2. The zero-order valence-electron chi connectivity index (χ0n) is 17.4. The van der Waals surface area contributed by atoms with E-state index in [0.717, 1.165) is 79.9 Å². The van der Waals surface area contributed by atoms with Gasteiger partial charge in [-0.2, -0.15) is 0 Å². The second-order valence-corrected chi connectivity index (χ2v) is 8.66. The predicted molar refractivity (Wildman–Crippen MR) is 116 cm³/mol. The molecule has 1 atom stereocenters. The average molecular weight is 388 g/mol. The summed E-state index contributed by atoms with van der Waals surface area (Å²) in [5.74, 6) is 1.44. The molecule has 2 aromatic carbocycles. The third-order valence-electron chi connectivity index (χ3n) is 6.76. The predicted octanol–water partition coefficient (Wildman–Crippen LogP) is 4.63. The zero-order chi connectivity index (χ0) is 20.0. The van der Waals surface area contributed by atoms with Gasteiger partial charge in [-0.05, 0) is 61.1 Å². The fourth-order valence-corrected chi connectivity index (χ4v) is 5.19. The van der Waals surface area contributed by atoms with Gasteiger partial charge >= 0.3 is 0 Å². The summed E-state index contributed by atoms with van der Waals surface area (Å²) in [5, 5.41) is 2.50. The lowest BCUT2D eigenvalue weighted by Crippen LogP contribution is -2.38. The molecule has 150 valence electrons. The van der Waals surface area contributed by atoms with Crippen molar-refractivity contribution in [2.75, 3.05) is 13.1 Å². The Bertz CT molecular complexity index is 1070. The number of hydrogen-bond acceptors (Lipinski definition) is 3. The van der Waals surface area contributed by atoms with E-state index in [-0.39, 0.29) is 5.92 Å². The Morgan fingerprint density at radius 2 is 2.03 bits per heavy atom. The van der Waals surface area contributed by atoms with Crippen LogP contribution in [-0.2, 0) is 25.8 Å². The number of piperidine rings is 1. The van der Waals surface area contributed by atoms with Gasteiger partial charge in [-0.3, -0.25) is 9.69 Å². The second-order valence-electron chi connectivity index (χ2n) is 8.66. The molecule has 0 bridgehead atoms. The van der Waals surface area contributed by atoms with E-state index in [1.165, 1.54) is 16.5 Å². The van der Waals surface area contributed by atoms with Gasteiger partial charge in [0.2, 0.25) is 0 Å². The Hall–Kier alpha value is -2.46. The number of aryl methyl sites for hydroxylation is 4. The number of likely N-dealkylation sites (tertiary alicyclic amines) is 1. The molecule has 1 aromatic heterocycles. The van der Waals surface area contributed by atoms with Gasteiger partial charge in [-0.1, -0.05) is 37.3 Å². The number of nitrogens with zero attached hydrogens (tertiary/aromatic N) is 2. The molecule has 1 N–H and O–H groups in total. The summed E-state index contributed by atoms with van der Waals surface area (Å²) in [7, 11) is 0. The van der Waals surface area contributed by atoms with E-state index in [4.69, 9.17) is 4.98 Å². The van der Waals surface area contributed by atoms with Crippen LogP contribution < -0.4 is 0 Å². The summed E-state index contributed by atoms with van der Waals surface area (Å²) in [4.78, 5) is 24.0. The molecule has 1 fully saturated rings. The van der Waals surface area contributed by atoms with Gasteiger partial charge in [0.05, 0.1) is 5.69 Å². The van der Waals surface area contributed by atoms with Crippen molar-refractivity contribution in [1.29, 1.82) is 0 Å². The van der Waals surface area contributed by atoms with Crippen LogP contribution in [0.5, 0.6) is 0 Å². The molecule has 4 nitrogen and oxygen atoms in total. The SMILES string of the molecule is CCc1nc(CN2CCC[C@@H](C(=O)c3ccc4c5c(cccc35)CC4)C2)c(C)[nH]1. The van der Waals surface area contributed by atoms with Crippen molar-refractivity contribution in [3.63, 3.8) is 0 Å². The number of aromatic amines is 1. The molecule has 0 amide bonds. The van der Waals surface area contributed by atoms with Gasteiger partial charge in [-0.15, -0.1) is 0 Å². The van der Waals surface area contributed by atoms with Crippen LogP contribution in [0.2, 0.25) is 0 Å². The van der Waals surface area contributed by atoms with E-state index in [0.29, 0.717) is 5.78 Å². The average Bonchev–Trinajstić information content (AvgIpc) is 3.33. The minimum atomic E-state index is 0.0760. The number of nitrogens with one attached hydrogen (secondary N) is 1. The number of carbonyl (C=O) groups excluding carboxylic acids is 1. The Morgan fingerprint density at radius 3 is 2.83 bits per heavy atom. The van der Waals surface area contributed by atoms with Crippen molar-refractivity contribution < 1.29 is 4.79 Å². The lowest BCUT2D eigenvalue weighted by molar-refractivity contribution is 0.0812. The maximum absolute atomic E-state index is 13.5. The molecule has 2 aliphatic rings. The summed E-state index contributed by atoms with van der Waals surface area (Å²) in [6, 6.07) is 10.7. The maximum Gasteiger partial charge on any atom is 0.167 e. The van der Waals surface area contributed by atoms with Gasteiger partial charge in [0, 0.05) is 36.7 Å². The molecule has 1 aliphatic carbocycles. The fourth-order valence-electron chi connectivity index (χ4n) is 5.19. The van der Waals surface area contributed by atoms with Crippen LogP contribution in [0.1, 0.15) is 58.5 Å². The summed E-state index contributed by atoms with van der Waals surface area (Å²) >= 11 is 0. The first-order valence-electron chi connectivity index (χ1n) is 11.0. The number of H-pyrrole nitrogens is 1. The van der Waals surface area contributed by atoms with Crippen molar-refractivity contribution in [2.45, 2.75) is 52.5 Å². The second kappa shape index (κ2) is 7.42. The summed E-state index contributed by atoms with van der Waals surface area (Å²) in [6.45, 7) is 6.92. The lowest BCUT2D eigenvalue weighted by atomic mass is 9.87. The Kier molecular flexibility index (Phi) is 4.75. The quantitative estimate of drug-likeness (QED) is 0.650. The molecular formula is C25H29N3O. The van der Waals surface area contributed by atoms with Crippen LogP contribution in [0.15, 0.2) is 30.3 Å². The van der Waals surface area contributed by atoms with Crippen molar-refractivity contribution in [3.8, 4) is 0 Å². The summed E-state index contributed by atoms with van der Waals surface area (Å²) in [6.07, 6.45) is 5.18. The Labute approximate surface area is 172 Å². The number of imidazole rings is 1. The highest BCUT2D eigenvalue weighted by Gasteiger charge is 2.29. The van der Waals surface area contributed by atoms with Crippen molar-refractivity contribution in [2.24, 2.45) is 5.92 Å². The third kappa shape index (κ3) is 3.29. The van der Waals surface area contributed by atoms with E-state index in [2.05, 4.69) is 54.1 Å². The first-order chi connectivity index (χ1) is 14.1. The molecule has 1 saturated heterocycles. The molecule has 1 aliphatic heterocycles. The smallest absolute Gasteiger partial charge is 0.167 e. The molecule has 0 radical (unpaired) electrons. The monoisotopic (exact) mass is 387 g/mol. The van der Waals surface area contributed by atoms with Crippen molar-refractivity contribution in [3.05, 3.63) is 64.2 Å². The Balaban J connectivity index is 1.38. The van der Waals surface area contributed by atoms with Gasteiger partial charge in [0.25, 0.3) is 0 Å². The number of rotatable bonds is 5. The normalized spacial score (nSPS) is 19.2. The van der Waals surface area contributed by atoms with Gasteiger partial charge in [0.15, 0.2) is 5.78 Å². The van der Waals surface area contributed by atoms with Crippen LogP contribution in [0.3, 0.4) is 0 Å². The molecule has 2 heterocycles. The largest absolute Gasteiger partial charge is 0.346 e. The molecule has 0 saturated carbocycles. The standard InChI is InChI=1S/C25H29N3O/c1-3-23-26-16(2)22(27-23)15-28-13-5-7-19(14-28)25(29)21-12-11-18-10-9-17-6-4-8-20(21)24(17)18/h4,6,8,11-12,19H,3,5,7,9-10,13-15H2,1-2H3,(H,26,27)/t19-/m1/s1. The van der Waals surface area contributed by atoms with Crippen molar-refractivity contribution >= 4 is 16.6 Å². The number of carbonyl (C=O) groups is 1. The number of Topliss-reactive ketones (excluding diaryl/α,β-unsaturated/α-hetero) is 1. The van der Waals surface area contributed by atoms with E-state index >= 15 is 0 Å². The summed E-state index contributed by atoms with van der Waals surface area (Å²) in [5.41, 5.74) is 6.00. The lowest BCUT2D eigenvalue weighted by Gasteiger charge is -2.31. The minimum absolute atomic E-state index is 0.0760. The highest BCUT2D eigenvalue weighted by Crippen LogP contribution is 2.34. The van der Waals surface area contributed by atoms with Gasteiger partial charge in [-0.25, -0.2) is 4.98 Å². The number of hydrogen-bond donors (Lipinski definition) is 1. The maximum atomic E-state index is 13.5.